The Labute approximate surface area is 84.4 Å². The maximum absolute atomic E-state index is 8.86. The summed E-state index contributed by atoms with van der Waals surface area (Å²) in [6, 6.07) is 1.83. The number of aliphatic hydroxyl groups excluding tert-OH is 1. The molecular formula is C10H17N3O. The third-order valence-corrected chi connectivity index (χ3v) is 1.98. The summed E-state index contributed by atoms with van der Waals surface area (Å²) in [4.78, 5) is 8.25. The van der Waals surface area contributed by atoms with Gasteiger partial charge in [0, 0.05) is 18.3 Å². The summed E-state index contributed by atoms with van der Waals surface area (Å²) < 4.78 is 0. The molecule has 14 heavy (non-hydrogen) atoms. The second kappa shape index (κ2) is 4.37. The topological polar surface area (TPSA) is 58.0 Å². The van der Waals surface area contributed by atoms with Crippen molar-refractivity contribution in [1.29, 1.82) is 0 Å². The fourth-order valence-electron chi connectivity index (χ4n) is 1.21. The number of nitrogens with zero attached hydrogens (tertiary/aromatic N) is 2. The van der Waals surface area contributed by atoms with Gasteiger partial charge in [0.25, 0.3) is 0 Å². The van der Waals surface area contributed by atoms with Gasteiger partial charge < -0.3 is 10.4 Å². The largest absolute Gasteiger partial charge is 0.396 e. The van der Waals surface area contributed by atoms with Crippen LogP contribution in [0.3, 0.4) is 0 Å². The highest BCUT2D eigenvalue weighted by Crippen LogP contribution is 2.15. The summed E-state index contributed by atoms with van der Waals surface area (Å²) in [6.07, 6.45) is 2.41. The smallest absolute Gasteiger partial charge is 0.130 e. The van der Waals surface area contributed by atoms with Crippen molar-refractivity contribution in [2.75, 3.05) is 11.9 Å². The summed E-state index contributed by atoms with van der Waals surface area (Å²) in [7, 11) is 0. The fourth-order valence-corrected chi connectivity index (χ4v) is 1.21. The minimum Gasteiger partial charge on any atom is -0.396 e. The van der Waals surface area contributed by atoms with Gasteiger partial charge >= 0.3 is 0 Å². The molecule has 0 aliphatic rings. The lowest BCUT2D eigenvalue weighted by molar-refractivity contribution is 0.260. The minimum absolute atomic E-state index is 0.143. The maximum Gasteiger partial charge on any atom is 0.130 e. The van der Waals surface area contributed by atoms with Crippen LogP contribution in [0.5, 0.6) is 0 Å². The standard InChI is InChI=1S/C10H17N3O/c1-8-11-6-4-9(12-8)13-10(2,3)5-7-14/h4,6,14H,5,7H2,1-3H3,(H,11,12,13). The van der Waals surface area contributed by atoms with E-state index in [9.17, 15) is 0 Å². The molecular weight excluding hydrogens is 178 g/mol. The van der Waals surface area contributed by atoms with Crippen LogP contribution in [-0.4, -0.2) is 27.2 Å². The lowest BCUT2D eigenvalue weighted by atomic mass is 10.0. The number of aliphatic hydroxyl groups is 1. The van der Waals surface area contributed by atoms with Gasteiger partial charge in [0.1, 0.15) is 11.6 Å². The Morgan fingerprint density at radius 2 is 2.21 bits per heavy atom. The molecule has 4 heteroatoms. The van der Waals surface area contributed by atoms with E-state index in [-0.39, 0.29) is 12.1 Å². The third-order valence-electron chi connectivity index (χ3n) is 1.98. The molecule has 1 aromatic rings. The molecule has 0 unspecified atom stereocenters. The predicted molar refractivity (Wildman–Crippen MR) is 56.2 cm³/mol. The van der Waals surface area contributed by atoms with Gasteiger partial charge in [0.05, 0.1) is 0 Å². The molecule has 0 fully saturated rings. The second-order valence-corrected chi connectivity index (χ2v) is 3.97. The van der Waals surface area contributed by atoms with Gasteiger partial charge in [-0.25, -0.2) is 9.97 Å². The van der Waals surface area contributed by atoms with E-state index in [2.05, 4.69) is 15.3 Å². The molecule has 0 aliphatic heterocycles. The molecule has 0 radical (unpaired) electrons. The number of anilines is 1. The van der Waals surface area contributed by atoms with E-state index in [1.807, 2.05) is 26.8 Å². The van der Waals surface area contributed by atoms with Gasteiger partial charge in [-0.05, 0) is 33.3 Å². The Kier molecular flexibility index (Phi) is 3.41. The summed E-state index contributed by atoms with van der Waals surface area (Å²) in [6.45, 7) is 6.08. The van der Waals surface area contributed by atoms with E-state index in [0.717, 1.165) is 11.6 Å². The molecule has 2 N–H and O–H groups in total. The van der Waals surface area contributed by atoms with Crippen LogP contribution in [0.15, 0.2) is 12.3 Å². The van der Waals surface area contributed by atoms with E-state index >= 15 is 0 Å². The zero-order valence-corrected chi connectivity index (χ0v) is 8.91. The number of hydrogen-bond acceptors (Lipinski definition) is 4. The number of aromatic nitrogens is 2. The average Bonchev–Trinajstić information content (AvgIpc) is 2.02. The van der Waals surface area contributed by atoms with Crippen LogP contribution in [0.2, 0.25) is 0 Å². The predicted octanol–water partition coefficient (Wildman–Crippen LogP) is 1.36. The Morgan fingerprint density at radius 1 is 1.50 bits per heavy atom. The number of hydrogen-bond donors (Lipinski definition) is 2. The van der Waals surface area contributed by atoms with Crippen molar-refractivity contribution in [1.82, 2.24) is 9.97 Å². The molecule has 0 atom stereocenters. The van der Waals surface area contributed by atoms with Gasteiger partial charge in [-0.2, -0.15) is 0 Å². The molecule has 4 nitrogen and oxygen atoms in total. The van der Waals surface area contributed by atoms with Crippen LogP contribution in [0.1, 0.15) is 26.1 Å². The Morgan fingerprint density at radius 3 is 2.79 bits per heavy atom. The first-order valence-electron chi connectivity index (χ1n) is 4.72. The molecule has 0 aromatic carbocycles. The highest BCUT2D eigenvalue weighted by Gasteiger charge is 2.16. The molecule has 0 spiro atoms. The molecule has 0 saturated heterocycles. The van der Waals surface area contributed by atoms with Crippen LogP contribution < -0.4 is 5.32 Å². The van der Waals surface area contributed by atoms with Crippen molar-refractivity contribution in [2.24, 2.45) is 0 Å². The molecule has 0 bridgehead atoms. The van der Waals surface area contributed by atoms with Gasteiger partial charge in [-0.15, -0.1) is 0 Å². The van der Waals surface area contributed by atoms with E-state index in [0.29, 0.717) is 6.42 Å². The quantitative estimate of drug-likeness (QED) is 0.761. The van der Waals surface area contributed by atoms with Crippen molar-refractivity contribution in [3.63, 3.8) is 0 Å². The first-order valence-corrected chi connectivity index (χ1v) is 4.72. The van der Waals surface area contributed by atoms with Crippen molar-refractivity contribution in [3.8, 4) is 0 Å². The lowest BCUT2D eigenvalue weighted by Crippen LogP contribution is -2.32. The van der Waals surface area contributed by atoms with Crippen LogP contribution in [-0.2, 0) is 0 Å². The molecule has 1 heterocycles. The minimum atomic E-state index is -0.143. The van der Waals surface area contributed by atoms with Crippen molar-refractivity contribution in [3.05, 3.63) is 18.1 Å². The zero-order valence-electron chi connectivity index (χ0n) is 8.91. The van der Waals surface area contributed by atoms with E-state index in [1.54, 1.807) is 6.20 Å². The zero-order chi connectivity index (χ0) is 10.6. The lowest BCUT2D eigenvalue weighted by Gasteiger charge is -2.25. The Balaban J connectivity index is 2.68. The highest BCUT2D eigenvalue weighted by molar-refractivity contribution is 5.35. The van der Waals surface area contributed by atoms with Crippen LogP contribution in [0.25, 0.3) is 0 Å². The molecule has 0 aliphatic carbocycles. The van der Waals surface area contributed by atoms with Gasteiger partial charge in [0.2, 0.25) is 0 Å². The number of rotatable bonds is 4. The molecule has 78 valence electrons. The van der Waals surface area contributed by atoms with E-state index in [4.69, 9.17) is 5.11 Å². The normalized spacial score (nSPS) is 11.4. The van der Waals surface area contributed by atoms with E-state index < -0.39 is 0 Å². The van der Waals surface area contributed by atoms with Crippen molar-refractivity contribution < 1.29 is 5.11 Å². The number of nitrogens with one attached hydrogen (secondary N) is 1. The van der Waals surface area contributed by atoms with Crippen LogP contribution in [0, 0.1) is 6.92 Å². The average molecular weight is 195 g/mol. The van der Waals surface area contributed by atoms with Gasteiger partial charge in [0.15, 0.2) is 0 Å². The summed E-state index contributed by atoms with van der Waals surface area (Å²) >= 11 is 0. The SMILES string of the molecule is Cc1nccc(NC(C)(C)CCO)n1. The van der Waals surface area contributed by atoms with Gasteiger partial charge in [-0.3, -0.25) is 0 Å². The molecule has 0 amide bonds. The maximum atomic E-state index is 8.86. The molecule has 1 rings (SSSR count). The van der Waals surface area contributed by atoms with Crippen LogP contribution in [0.4, 0.5) is 5.82 Å². The summed E-state index contributed by atoms with van der Waals surface area (Å²) in [5, 5.41) is 12.1. The highest BCUT2D eigenvalue weighted by atomic mass is 16.3. The first-order chi connectivity index (χ1) is 6.53. The van der Waals surface area contributed by atoms with Crippen molar-refractivity contribution >= 4 is 5.82 Å². The molecule has 0 saturated carbocycles. The summed E-state index contributed by atoms with van der Waals surface area (Å²) in [5.41, 5.74) is -0.143. The number of aryl methyl sites for hydroxylation is 1. The monoisotopic (exact) mass is 195 g/mol. The first kappa shape index (κ1) is 10.9. The van der Waals surface area contributed by atoms with Crippen molar-refractivity contribution in [2.45, 2.75) is 32.7 Å². The van der Waals surface area contributed by atoms with Gasteiger partial charge in [-0.1, -0.05) is 0 Å². The second-order valence-electron chi connectivity index (χ2n) is 3.97. The third kappa shape index (κ3) is 3.30. The van der Waals surface area contributed by atoms with E-state index in [1.165, 1.54) is 0 Å². The summed E-state index contributed by atoms with van der Waals surface area (Å²) in [5.74, 6) is 1.55. The Hall–Kier alpha value is -1.16. The Bertz CT molecular complexity index is 299. The fraction of sp³-hybridized carbons (Fsp3) is 0.600. The van der Waals surface area contributed by atoms with Crippen LogP contribution >= 0.6 is 0 Å². The molecule has 1 aromatic heterocycles.